The van der Waals surface area contributed by atoms with E-state index in [1.165, 1.54) is 6.92 Å². The standard InChI is InChI=1S/C14H17N3OS/c1-11(18)16-8-7-15-9-14-17-13(10-19-14)12-5-3-2-4-6-12/h2-6,10,15H,7-9H2,1H3,(H,16,18). The largest absolute Gasteiger partial charge is 0.355 e. The first kappa shape index (κ1) is 13.7. The fourth-order valence-electron chi connectivity index (χ4n) is 1.66. The molecule has 0 atom stereocenters. The number of rotatable bonds is 6. The van der Waals surface area contributed by atoms with Gasteiger partial charge in [0.2, 0.25) is 5.91 Å². The zero-order valence-corrected chi connectivity index (χ0v) is 11.7. The van der Waals surface area contributed by atoms with Gasteiger partial charge in [-0.2, -0.15) is 0 Å². The predicted octanol–water partition coefficient (Wildman–Crippen LogP) is 2.04. The Kier molecular flexibility index (Phi) is 5.06. The van der Waals surface area contributed by atoms with Crippen LogP contribution in [-0.2, 0) is 11.3 Å². The molecule has 0 aliphatic carbocycles. The van der Waals surface area contributed by atoms with Gasteiger partial charge in [-0.3, -0.25) is 4.79 Å². The number of hydrogen-bond donors (Lipinski definition) is 2. The molecule has 2 rings (SSSR count). The van der Waals surface area contributed by atoms with Crippen molar-refractivity contribution >= 4 is 17.2 Å². The van der Waals surface area contributed by atoms with Gasteiger partial charge >= 0.3 is 0 Å². The van der Waals surface area contributed by atoms with Crippen molar-refractivity contribution < 1.29 is 4.79 Å². The fourth-order valence-corrected chi connectivity index (χ4v) is 2.43. The number of nitrogens with one attached hydrogen (secondary N) is 2. The van der Waals surface area contributed by atoms with Crippen LogP contribution in [0.25, 0.3) is 11.3 Å². The zero-order valence-electron chi connectivity index (χ0n) is 10.8. The Hall–Kier alpha value is -1.72. The van der Waals surface area contributed by atoms with Gasteiger partial charge in [-0.25, -0.2) is 4.98 Å². The molecule has 4 nitrogen and oxygen atoms in total. The molecule has 0 saturated heterocycles. The zero-order chi connectivity index (χ0) is 13.5. The number of aromatic nitrogens is 1. The number of amides is 1. The summed E-state index contributed by atoms with van der Waals surface area (Å²) in [7, 11) is 0. The highest BCUT2D eigenvalue weighted by atomic mass is 32.1. The van der Waals surface area contributed by atoms with Gasteiger partial charge in [0.25, 0.3) is 0 Å². The summed E-state index contributed by atoms with van der Waals surface area (Å²) in [5, 5.41) is 9.13. The second kappa shape index (κ2) is 7.01. The third-order valence-corrected chi connectivity index (χ3v) is 3.42. The molecule has 0 spiro atoms. The summed E-state index contributed by atoms with van der Waals surface area (Å²) in [6.07, 6.45) is 0. The summed E-state index contributed by atoms with van der Waals surface area (Å²) >= 11 is 1.65. The molecular weight excluding hydrogens is 258 g/mol. The monoisotopic (exact) mass is 275 g/mol. The third kappa shape index (κ3) is 4.46. The minimum absolute atomic E-state index is 0.00223. The topological polar surface area (TPSA) is 54.0 Å². The van der Waals surface area contributed by atoms with Gasteiger partial charge in [0.1, 0.15) is 5.01 Å². The molecule has 0 aliphatic heterocycles. The molecule has 1 amide bonds. The number of benzene rings is 1. The van der Waals surface area contributed by atoms with E-state index < -0.39 is 0 Å². The highest BCUT2D eigenvalue weighted by molar-refractivity contribution is 7.09. The molecule has 2 N–H and O–H groups in total. The summed E-state index contributed by atoms with van der Waals surface area (Å²) in [6, 6.07) is 10.1. The number of thiazole rings is 1. The van der Waals surface area contributed by atoms with Crippen molar-refractivity contribution in [1.29, 1.82) is 0 Å². The van der Waals surface area contributed by atoms with Crippen LogP contribution < -0.4 is 10.6 Å². The minimum Gasteiger partial charge on any atom is -0.355 e. The van der Waals surface area contributed by atoms with Crippen LogP contribution >= 0.6 is 11.3 Å². The van der Waals surface area contributed by atoms with Crippen LogP contribution in [0.2, 0.25) is 0 Å². The average molecular weight is 275 g/mol. The SMILES string of the molecule is CC(=O)NCCNCc1nc(-c2ccccc2)cs1. The van der Waals surface area contributed by atoms with E-state index in [9.17, 15) is 4.79 Å². The van der Waals surface area contributed by atoms with Gasteiger partial charge in [0, 0.05) is 37.5 Å². The van der Waals surface area contributed by atoms with Crippen LogP contribution in [0.15, 0.2) is 35.7 Å². The van der Waals surface area contributed by atoms with E-state index in [1.54, 1.807) is 11.3 Å². The molecule has 2 aromatic rings. The van der Waals surface area contributed by atoms with Crippen LogP contribution in [0.4, 0.5) is 0 Å². The maximum Gasteiger partial charge on any atom is 0.216 e. The molecule has 100 valence electrons. The Morgan fingerprint density at radius 2 is 2.05 bits per heavy atom. The Morgan fingerprint density at radius 1 is 1.26 bits per heavy atom. The van der Waals surface area contributed by atoms with E-state index >= 15 is 0 Å². The number of nitrogens with zero attached hydrogens (tertiary/aromatic N) is 1. The summed E-state index contributed by atoms with van der Waals surface area (Å²) in [5.41, 5.74) is 2.16. The molecule has 1 aromatic carbocycles. The van der Waals surface area contributed by atoms with E-state index in [1.807, 2.05) is 18.2 Å². The van der Waals surface area contributed by atoms with Crippen molar-refractivity contribution in [1.82, 2.24) is 15.6 Å². The first-order valence-corrected chi connectivity index (χ1v) is 7.08. The summed E-state index contributed by atoms with van der Waals surface area (Å²) in [6.45, 7) is 3.65. The Bertz CT molecular complexity index is 524. The van der Waals surface area contributed by atoms with Gasteiger partial charge in [0.05, 0.1) is 5.69 Å². The second-order valence-corrected chi connectivity index (χ2v) is 5.09. The second-order valence-electron chi connectivity index (χ2n) is 4.15. The highest BCUT2D eigenvalue weighted by Gasteiger charge is 2.03. The summed E-state index contributed by atoms with van der Waals surface area (Å²) in [4.78, 5) is 15.3. The van der Waals surface area contributed by atoms with E-state index in [0.717, 1.165) is 29.4 Å². The maximum atomic E-state index is 10.7. The maximum absolute atomic E-state index is 10.7. The van der Waals surface area contributed by atoms with Crippen LogP contribution in [0.5, 0.6) is 0 Å². The Morgan fingerprint density at radius 3 is 2.79 bits per heavy atom. The fraction of sp³-hybridized carbons (Fsp3) is 0.286. The third-order valence-electron chi connectivity index (χ3n) is 2.57. The van der Waals surface area contributed by atoms with E-state index in [2.05, 4.69) is 33.1 Å². The molecule has 1 aromatic heterocycles. The molecule has 0 saturated carbocycles. The molecule has 0 fully saturated rings. The molecule has 0 aliphatic rings. The number of carbonyl (C=O) groups is 1. The number of carbonyl (C=O) groups excluding carboxylic acids is 1. The first-order valence-electron chi connectivity index (χ1n) is 6.20. The quantitative estimate of drug-likeness (QED) is 0.793. The van der Waals surface area contributed by atoms with Crippen LogP contribution in [-0.4, -0.2) is 24.0 Å². The molecule has 19 heavy (non-hydrogen) atoms. The van der Waals surface area contributed by atoms with E-state index in [0.29, 0.717) is 6.54 Å². The van der Waals surface area contributed by atoms with Gasteiger partial charge < -0.3 is 10.6 Å². The normalized spacial score (nSPS) is 10.4. The van der Waals surface area contributed by atoms with Gasteiger partial charge in [-0.05, 0) is 0 Å². The molecule has 0 bridgehead atoms. The molecule has 5 heteroatoms. The average Bonchev–Trinajstić information content (AvgIpc) is 2.88. The van der Waals surface area contributed by atoms with Gasteiger partial charge in [0.15, 0.2) is 0 Å². The predicted molar refractivity (Wildman–Crippen MR) is 77.9 cm³/mol. The van der Waals surface area contributed by atoms with Crippen molar-refractivity contribution in [2.75, 3.05) is 13.1 Å². The van der Waals surface area contributed by atoms with Crippen LogP contribution in [0, 0.1) is 0 Å². The van der Waals surface area contributed by atoms with Crippen molar-refractivity contribution in [2.24, 2.45) is 0 Å². The van der Waals surface area contributed by atoms with Crippen molar-refractivity contribution in [3.05, 3.63) is 40.7 Å². The smallest absolute Gasteiger partial charge is 0.216 e. The Labute approximate surface area is 116 Å². The minimum atomic E-state index is 0.00223. The van der Waals surface area contributed by atoms with E-state index in [-0.39, 0.29) is 5.91 Å². The van der Waals surface area contributed by atoms with E-state index in [4.69, 9.17) is 0 Å². The lowest BCUT2D eigenvalue weighted by molar-refractivity contribution is -0.118. The van der Waals surface area contributed by atoms with Crippen molar-refractivity contribution in [3.63, 3.8) is 0 Å². The van der Waals surface area contributed by atoms with Crippen molar-refractivity contribution in [2.45, 2.75) is 13.5 Å². The lowest BCUT2D eigenvalue weighted by atomic mass is 10.2. The molecule has 0 radical (unpaired) electrons. The lowest BCUT2D eigenvalue weighted by Gasteiger charge is -2.02. The van der Waals surface area contributed by atoms with Crippen molar-refractivity contribution in [3.8, 4) is 11.3 Å². The van der Waals surface area contributed by atoms with Crippen LogP contribution in [0.3, 0.4) is 0 Å². The molecule has 0 unspecified atom stereocenters. The molecule has 1 heterocycles. The number of hydrogen-bond acceptors (Lipinski definition) is 4. The summed E-state index contributed by atoms with van der Waals surface area (Å²) < 4.78 is 0. The first-order chi connectivity index (χ1) is 9.25. The Balaban J connectivity index is 1.80. The van der Waals surface area contributed by atoms with Crippen LogP contribution in [0.1, 0.15) is 11.9 Å². The van der Waals surface area contributed by atoms with Gasteiger partial charge in [-0.15, -0.1) is 11.3 Å². The lowest BCUT2D eigenvalue weighted by Crippen LogP contribution is -2.29. The van der Waals surface area contributed by atoms with Gasteiger partial charge in [-0.1, -0.05) is 30.3 Å². The summed E-state index contributed by atoms with van der Waals surface area (Å²) in [5.74, 6) is 0.00223. The molecular formula is C14H17N3OS. The highest BCUT2D eigenvalue weighted by Crippen LogP contribution is 2.21.